The Morgan fingerprint density at radius 2 is 2.00 bits per heavy atom. The molecule has 0 aliphatic carbocycles. The maximum absolute atomic E-state index is 11.6. The van der Waals surface area contributed by atoms with Gasteiger partial charge in [-0.25, -0.2) is 0 Å². The third-order valence-electron chi connectivity index (χ3n) is 2.74. The van der Waals surface area contributed by atoms with Crippen molar-refractivity contribution in [2.45, 2.75) is 19.8 Å². The highest BCUT2D eigenvalue weighted by Gasteiger charge is 2.16. The van der Waals surface area contributed by atoms with Crippen LogP contribution in [-0.4, -0.2) is 23.5 Å². The molecule has 1 amide bonds. The normalized spacial score (nSPS) is 12.3. The minimum absolute atomic E-state index is 0.168. The molecule has 0 aliphatic heterocycles. The van der Waals surface area contributed by atoms with Crippen molar-refractivity contribution in [1.82, 2.24) is 5.32 Å². The molecule has 19 heavy (non-hydrogen) atoms. The van der Waals surface area contributed by atoms with Gasteiger partial charge in [-0.1, -0.05) is 43.7 Å². The van der Waals surface area contributed by atoms with Crippen molar-refractivity contribution in [2.24, 2.45) is 5.92 Å². The van der Waals surface area contributed by atoms with Crippen molar-refractivity contribution in [2.75, 3.05) is 6.54 Å². The lowest BCUT2D eigenvalue weighted by Crippen LogP contribution is -2.31. The van der Waals surface area contributed by atoms with E-state index in [1.54, 1.807) is 6.08 Å². The molecular weight excluding hydrogens is 242 g/mol. The minimum atomic E-state index is -0.866. The fourth-order valence-corrected chi connectivity index (χ4v) is 1.68. The summed E-state index contributed by atoms with van der Waals surface area (Å²) in [6.07, 6.45) is 4.47. The number of benzene rings is 1. The molecule has 0 heterocycles. The van der Waals surface area contributed by atoms with Gasteiger partial charge in [0.05, 0.1) is 5.92 Å². The van der Waals surface area contributed by atoms with E-state index in [0.29, 0.717) is 6.42 Å². The smallest absolute Gasteiger partial charge is 0.308 e. The van der Waals surface area contributed by atoms with E-state index in [9.17, 15) is 9.59 Å². The van der Waals surface area contributed by atoms with Crippen LogP contribution in [0.25, 0.3) is 6.08 Å². The predicted molar refractivity (Wildman–Crippen MR) is 74.5 cm³/mol. The SMILES string of the molecule is CCCC(CNC(=O)C=Cc1ccccc1)C(=O)O. The Bertz CT molecular complexity index is 440. The van der Waals surface area contributed by atoms with Crippen LogP contribution in [0.15, 0.2) is 36.4 Å². The summed E-state index contributed by atoms with van der Waals surface area (Å²) in [5, 5.41) is 11.6. The highest BCUT2D eigenvalue weighted by atomic mass is 16.4. The average molecular weight is 261 g/mol. The highest BCUT2D eigenvalue weighted by molar-refractivity contribution is 5.91. The number of hydrogen-bond acceptors (Lipinski definition) is 2. The third kappa shape index (κ3) is 5.86. The van der Waals surface area contributed by atoms with Crippen molar-refractivity contribution in [1.29, 1.82) is 0 Å². The van der Waals surface area contributed by atoms with Crippen LogP contribution < -0.4 is 5.32 Å². The molecule has 2 N–H and O–H groups in total. The molecule has 0 bridgehead atoms. The van der Waals surface area contributed by atoms with Gasteiger partial charge >= 0.3 is 5.97 Å². The number of amides is 1. The van der Waals surface area contributed by atoms with E-state index >= 15 is 0 Å². The van der Waals surface area contributed by atoms with E-state index in [1.807, 2.05) is 37.3 Å². The molecule has 0 saturated carbocycles. The summed E-state index contributed by atoms with van der Waals surface area (Å²) in [5.74, 6) is -1.65. The Morgan fingerprint density at radius 1 is 1.32 bits per heavy atom. The maximum Gasteiger partial charge on any atom is 0.308 e. The lowest BCUT2D eigenvalue weighted by Gasteiger charge is -2.10. The van der Waals surface area contributed by atoms with E-state index in [2.05, 4.69) is 5.32 Å². The molecule has 1 aromatic carbocycles. The molecule has 4 nitrogen and oxygen atoms in total. The van der Waals surface area contributed by atoms with E-state index in [-0.39, 0.29) is 12.5 Å². The molecule has 0 fully saturated rings. The summed E-state index contributed by atoms with van der Waals surface area (Å²) < 4.78 is 0. The van der Waals surface area contributed by atoms with Crippen LogP contribution in [0.1, 0.15) is 25.3 Å². The number of carbonyl (C=O) groups is 2. The molecule has 0 aliphatic rings. The van der Waals surface area contributed by atoms with Gasteiger partial charge in [-0.15, -0.1) is 0 Å². The Morgan fingerprint density at radius 3 is 2.58 bits per heavy atom. The second kappa shape index (κ2) is 8.08. The quantitative estimate of drug-likeness (QED) is 0.740. The lowest BCUT2D eigenvalue weighted by molar-refractivity contribution is -0.141. The molecule has 1 rings (SSSR count). The molecule has 1 atom stereocenters. The van der Waals surface area contributed by atoms with E-state index in [4.69, 9.17) is 5.11 Å². The van der Waals surface area contributed by atoms with Crippen molar-refractivity contribution in [3.05, 3.63) is 42.0 Å². The Balaban J connectivity index is 2.43. The van der Waals surface area contributed by atoms with Gasteiger partial charge in [-0.05, 0) is 18.1 Å². The zero-order chi connectivity index (χ0) is 14.1. The fourth-order valence-electron chi connectivity index (χ4n) is 1.68. The molecule has 0 aromatic heterocycles. The Kier molecular flexibility index (Phi) is 6.36. The van der Waals surface area contributed by atoms with Gasteiger partial charge in [0.1, 0.15) is 0 Å². The number of aliphatic carboxylic acids is 1. The number of carbonyl (C=O) groups excluding carboxylic acids is 1. The Hall–Kier alpha value is -2.10. The second-order valence-corrected chi connectivity index (χ2v) is 4.31. The summed E-state index contributed by atoms with van der Waals surface area (Å²) in [5.41, 5.74) is 0.931. The van der Waals surface area contributed by atoms with Crippen LogP contribution in [0.2, 0.25) is 0 Å². The highest BCUT2D eigenvalue weighted by Crippen LogP contribution is 2.05. The van der Waals surface area contributed by atoms with Crippen LogP contribution in [0.4, 0.5) is 0 Å². The molecule has 0 saturated heterocycles. The fraction of sp³-hybridized carbons (Fsp3) is 0.333. The lowest BCUT2D eigenvalue weighted by atomic mass is 10.0. The molecule has 4 heteroatoms. The number of carboxylic acid groups (broad SMARTS) is 1. The molecular formula is C15H19NO3. The zero-order valence-corrected chi connectivity index (χ0v) is 11.0. The van der Waals surface area contributed by atoms with Crippen molar-refractivity contribution < 1.29 is 14.7 Å². The van der Waals surface area contributed by atoms with Crippen LogP contribution >= 0.6 is 0 Å². The summed E-state index contributed by atoms with van der Waals surface area (Å²) in [7, 11) is 0. The summed E-state index contributed by atoms with van der Waals surface area (Å²) in [6.45, 7) is 2.09. The van der Waals surface area contributed by atoms with Gasteiger partial charge < -0.3 is 10.4 Å². The molecule has 1 unspecified atom stereocenters. The van der Waals surface area contributed by atoms with Crippen molar-refractivity contribution in [3.63, 3.8) is 0 Å². The van der Waals surface area contributed by atoms with Crippen molar-refractivity contribution >= 4 is 18.0 Å². The van der Waals surface area contributed by atoms with Gasteiger partial charge in [0.2, 0.25) is 5.91 Å². The maximum atomic E-state index is 11.6. The van der Waals surface area contributed by atoms with Gasteiger partial charge in [0.25, 0.3) is 0 Å². The van der Waals surface area contributed by atoms with E-state index in [1.165, 1.54) is 6.08 Å². The predicted octanol–water partition coefficient (Wildman–Crippen LogP) is 2.32. The number of rotatable bonds is 7. The summed E-state index contributed by atoms with van der Waals surface area (Å²) in [6, 6.07) is 9.46. The van der Waals surface area contributed by atoms with Crippen LogP contribution in [-0.2, 0) is 9.59 Å². The number of hydrogen-bond donors (Lipinski definition) is 2. The van der Waals surface area contributed by atoms with Gasteiger partial charge in [0, 0.05) is 12.6 Å². The largest absolute Gasteiger partial charge is 0.481 e. The van der Waals surface area contributed by atoms with Gasteiger partial charge in [-0.3, -0.25) is 9.59 Å². The third-order valence-corrected chi connectivity index (χ3v) is 2.74. The first-order chi connectivity index (χ1) is 9.13. The molecule has 0 spiro atoms. The molecule has 0 radical (unpaired) electrons. The minimum Gasteiger partial charge on any atom is -0.481 e. The first-order valence-corrected chi connectivity index (χ1v) is 6.37. The number of carboxylic acids is 1. The second-order valence-electron chi connectivity index (χ2n) is 4.31. The van der Waals surface area contributed by atoms with Crippen LogP contribution in [0.3, 0.4) is 0 Å². The van der Waals surface area contributed by atoms with E-state index < -0.39 is 11.9 Å². The monoisotopic (exact) mass is 261 g/mol. The topological polar surface area (TPSA) is 66.4 Å². The number of nitrogens with one attached hydrogen (secondary N) is 1. The molecule has 1 aromatic rings. The first kappa shape index (κ1) is 15.0. The average Bonchev–Trinajstić information content (AvgIpc) is 2.42. The first-order valence-electron chi connectivity index (χ1n) is 6.37. The van der Waals surface area contributed by atoms with Crippen LogP contribution in [0, 0.1) is 5.92 Å². The van der Waals surface area contributed by atoms with Crippen LogP contribution in [0.5, 0.6) is 0 Å². The standard InChI is InChI=1S/C15H19NO3/c1-2-6-13(15(18)19)11-16-14(17)10-9-12-7-4-3-5-8-12/h3-5,7-10,13H,2,6,11H2,1H3,(H,16,17)(H,18,19). The van der Waals surface area contributed by atoms with Crippen molar-refractivity contribution in [3.8, 4) is 0 Å². The Labute approximate surface area is 113 Å². The molecule has 102 valence electrons. The van der Waals surface area contributed by atoms with Gasteiger partial charge in [0.15, 0.2) is 0 Å². The zero-order valence-electron chi connectivity index (χ0n) is 11.0. The summed E-state index contributed by atoms with van der Waals surface area (Å²) >= 11 is 0. The van der Waals surface area contributed by atoms with E-state index in [0.717, 1.165) is 12.0 Å². The summed E-state index contributed by atoms with van der Waals surface area (Å²) in [4.78, 5) is 22.5. The van der Waals surface area contributed by atoms with Gasteiger partial charge in [-0.2, -0.15) is 0 Å².